The molecular formula is C24H33N3O2. The number of rotatable bonds is 10. The van der Waals surface area contributed by atoms with Gasteiger partial charge < -0.3 is 15.5 Å². The van der Waals surface area contributed by atoms with Crippen molar-refractivity contribution in [3.63, 3.8) is 0 Å². The molecule has 0 atom stereocenters. The first-order chi connectivity index (χ1) is 14.0. The molecule has 29 heavy (non-hydrogen) atoms. The second kappa shape index (κ2) is 11.2. The van der Waals surface area contributed by atoms with Gasteiger partial charge in [0.05, 0.1) is 6.54 Å². The first-order valence-corrected chi connectivity index (χ1v) is 10.5. The molecular weight excluding hydrogens is 362 g/mol. The zero-order valence-corrected chi connectivity index (χ0v) is 18.0. The fourth-order valence-electron chi connectivity index (χ4n) is 3.37. The van der Waals surface area contributed by atoms with Gasteiger partial charge >= 0.3 is 0 Å². The van der Waals surface area contributed by atoms with Crippen LogP contribution in [0.5, 0.6) is 0 Å². The Morgan fingerprint density at radius 2 is 1.66 bits per heavy atom. The van der Waals surface area contributed by atoms with Crippen molar-refractivity contribution in [3.8, 4) is 0 Å². The van der Waals surface area contributed by atoms with Gasteiger partial charge in [0.1, 0.15) is 0 Å². The second-order valence-electron chi connectivity index (χ2n) is 7.24. The number of hydrogen-bond donors (Lipinski definition) is 2. The largest absolute Gasteiger partial charge is 0.376 e. The van der Waals surface area contributed by atoms with E-state index in [1.54, 1.807) is 0 Å². The molecule has 0 spiro atoms. The van der Waals surface area contributed by atoms with Crippen molar-refractivity contribution in [1.29, 1.82) is 0 Å². The van der Waals surface area contributed by atoms with E-state index in [0.29, 0.717) is 5.56 Å². The maximum atomic E-state index is 12.8. The van der Waals surface area contributed by atoms with E-state index in [1.807, 2.05) is 54.3 Å². The highest BCUT2D eigenvalue weighted by Crippen LogP contribution is 2.21. The summed E-state index contributed by atoms with van der Waals surface area (Å²) in [5.41, 5.74) is 4.47. The maximum Gasteiger partial charge on any atom is 0.253 e. The average molecular weight is 396 g/mol. The van der Waals surface area contributed by atoms with Gasteiger partial charge in [0.15, 0.2) is 0 Å². The van der Waals surface area contributed by atoms with E-state index >= 15 is 0 Å². The monoisotopic (exact) mass is 395 g/mol. The third-order valence-electron chi connectivity index (χ3n) is 4.84. The van der Waals surface area contributed by atoms with Gasteiger partial charge in [-0.3, -0.25) is 9.59 Å². The van der Waals surface area contributed by atoms with E-state index in [4.69, 9.17) is 0 Å². The first-order valence-electron chi connectivity index (χ1n) is 10.5. The molecule has 0 radical (unpaired) electrons. The predicted octanol–water partition coefficient (Wildman–Crippen LogP) is 4.87. The van der Waals surface area contributed by atoms with Crippen LogP contribution in [0.4, 0.5) is 11.4 Å². The van der Waals surface area contributed by atoms with Crippen molar-refractivity contribution in [1.82, 2.24) is 4.90 Å². The van der Waals surface area contributed by atoms with Crippen LogP contribution in [0, 0.1) is 6.92 Å². The minimum Gasteiger partial charge on any atom is -0.376 e. The van der Waals surface area contributed by atoms with Crippen LogP contribution >= 0.6 is 0 Å². The lowest BCUT2D eigenvalue weighted by Gasteiger charge is -2.21. The van der Waals surface area contributed by atoms with E-state index in [-0.39, 0.29) is 18.4 Å². The van der Waals surface area contributed by atoms with E-state index in [2.05, 4.69) is 31.4 Å². The Balaban J connectivity index is 2.02. The molecule has 5 nitrogen and oxygen atoms in total. The standard InChI is InChI=1S/C24H33N3O2/c1-5-14-27(15-6-2)24(29)20-12-9-13-21(16-20)25-17-22(28)26-23-18(4)10-8-11-19(23)7-3/h8-13,16,25H,5-7,14-15,17H2,1-4H3,(H,26,28). The fraction of sp³-hybridized carbons (Fsp3) is 0.417. The van der Waals surface area contributed by atoms with Gasteiger partial charge in [0.2, 0.25) is 5.91 Å². The molecule has 156 valence electrons. The number of hydrogen-bond acceptors (Lipinski definition) is 3. The van der Waals surface area contributed by atoms with Crippen LogP contribution in [0.25, 0.3) is 0 Å². The van der Waals surface area contributed by atoms with Crippen molar-refractivity contribution in [3.05, 3.63) is 59.2 Å². The number of carbonyl (C=O) groups is 2. The summed E-state index contributed by atoms with van der Waals surface area (Å²) in [6.07, 6.45) is 2.73. The number of nitrogens with zero attached hydrogens (tertiary/aromatic N) is 1. The zero-order valence-electron chi connectivity index (χ0n) is 18.0. The molecule has 2 amide bonds. The second-order valence-corrected chi connectivity index (χ2v) is 7.24. The minimum absolute atomic E-state index is 0.0364. The van der Waals surface area contributed by atoms with Crippen LogP contribution in [0.1, 0.15) is 55.1 Å². The highest BCUT2D eigenvalue weighted by molar-refractivity contribution is 5.96. The molecule has 0 aliphatic carbocycles. The Hall–Kier alpha value is -2.82. The maximum absolute atomic E-state index is 12.8. The van der Waals surface area contributed by atoms with Gasteiger partial charge in [-0.2, -0.15) is 0 Å². The molecule has 0 aliphatic rings. The lowest BCUT2D eigenvalue weighted by atomic mass is 10.1. The van der Waals surface area contributed by atoms with Crippen molar-refractivity contribution >= 4 is 23.2 Å². The lowest BCUT2D eigenvalue weighted by Crippen LogP contribution is -2.32. The van der Waals surface area contributed by atoms with Gasteiger partial charge in [-0.1, -0.05) is 45.0 Å². The number of nitrogens with one attached hydrogen (secondary N) is 2. The van der Waals surface area contributed by atoms with Gasteiger partial charge in [-0.25, -0.2) is 0 Å². The van der Waals surface area contributed by atoms with Crippen molar-refractivity contribution in [2.75, 3.05) is 30.3 Å². The SMILES string of the molecule is CCCN(CCC)C(=O)c1cccc(NCC(=O)Nc2c(C)cccc2CC)c1. The van der Waals surface area contributed by atoms with E-state index < -0.39 is 0 Å². The number of amides is 2. The van der Waals surface area contributed by atoms with Crippen molar-refractivity contribution in [2.24, 2.45) is 0 Å². The molecule has 0 unspecified atom stereocenters. The average Bonchev–Trinajstić information content (AvgIpc) is 2.73. The van der Waals surface area contributed by atoms with E-state index in [0.717, 1.165) is 54.9 Å². The van der Waals surface area contributed by atoms with E-state index in [9.17, 15) is 9.59 Å². The van der Waals surface area contributed by atoms with Crippen LogP contribution in [0.3, 0.4) is 0 Å². The smallest absolute Gasteiger partial charge is 0.253 e. The molecule has 2 rings (SSSR count). The number of carbonyl (C=O) groups excluding carboxylic acids is 2. The van der Waals surface area contributed by atoms with Gasteiger partial charge in [-0.05, 0) is 55.5 Å². The lowest BCUT2D eigenvalue weighted by molar-refractivity contribution is -0.114. The molecule has 5 heteroatoms. The minimum atomic E-state index is -0.107. The molecule has 2 aromatic rings. The molecule has 0 saturated heterocycles. The number of benzene rings is 2. The topological polar surface area (TPSA) is 61.4 Å². The third kappa shape index (κ3) is 6.34. The summed E-state index contributed by atoms with van der Waals surface area (Å²) in [6.45, 7) is 9.87. The van der Waals surface area contributed by atoms with Crippen LogP contribution < -0.4 is 10.6 Å². The summed E-state index contributed by atoms with van der Waals surface area (Å²) < 4.78 is 0. The number of anilines is 2. The highest BCUT2D eigenvalue weighted by Gasteiger charge is 2.15. The fourth-order valence-corrected chi connectivity index (χ4v) is 3.37. The summed E-state index contributed by atoms with van der Waals surface area (Å²) >= 11 is 0. The van der Waals surface area contributed by atoms with Crippen LogP contribution in [-0.2, 0) is 11.2 Å². The Morgan fingerprint density at radius 1 is 0.966 bits per heavy atom. The zero-order chi connectivity index (χ0) is 21.2. The summed E-state index contributed by atoms with van der Waals surface area (Å²) in [7, 11) is 0. The van der Waals surface area contributed by atoms with Crippen LogP contribution in [0.2, 0.25) is 0 Å². The normalized spacial score (nSPS) is 10.5. The van der Waals surface area contributed by atoms with Gasteiger partial charge in [-0.15, -0.1) is 0 Å². The predicted molar refractivity (Wildman–Crippen MR) is 121 cm³/mol. The quantitative estimate of drug-likeness (QED) is 0.603. The van der Waals surface area contributed by atoms with Crippen molar-refractivity contribution in [2.45, 2.75) is 47.0 Å². The molecule has 0 fully saturated rings. The Bertz CT molecular complexity index is 827. The van der Waals surface area contributed by atoms with Gasteiger partial charge in [0.25, 0.3) is 5.91 Å². The third-order valence-corrected chi connectivity index (χ3v) is 4.84. The number of aryl methyl sites for hydroxylation is 2. The van der Waals surface area contributed by atoms with Crippen LogP contribution in [0.15, 0.2) is 42.5 Å². The summed E-state index contributed by atoms with van der Waals surface area (Å²) in [4.78, 5) is 27.1. The highest BCUT2D eigenvalue weighted by atomic mass is 16.2. The van der Waals surface area contributed by atoms with Gasteiger partial charge in [0, 0.05) is 30.0 Å². The molecule has 0 aliphatic heterocycles. The molecule has 0 saturated carbocycles. The molecule has 0 aromatic heterocycles. The molecule has 0 bridgehead atoms. The number of para-hydroxylation sites is 1. The Labute approximate surface area is 174 Å². The van der Waals surface area contributed by atoms with E-state index in [1.165, 1.54) is 0 Å². The first kappa shape index (κ1) is 22.5. The Morgan fingerprint density at radius 3 is 2.31 bits per heavy atom. The molecule has 2 aromatic carbocycles. The summed E-state index contributed by atoms with van der Waals surface area (Å²) in [5.74, 6) is -0.0707. The molecule has 2 N–H and O–H groups in total. The van der Waals surface area contributed by atoms with Crippen LogP contribution in [-0.4, -0.2) is 36.3 Å². The summed E-state index contributed by atoms with van der Waals surface area (Å²) in [5, 5.41) is 6.15. The Kier molecular flexibility index (Phi) is 8.71. The molecule has 0 heterocycles. The summed E-state index contributed by atoms with van der Waals surface area (Å²) in [6, 6.07) is 13.4. The van der Waals surface area contributed by atoms with Crippen molar-refractivity contribution < 1.29 is 9.59 Å².